The topological polar surface area (TPSA) is 111 Å². The minimum absolute atomic E-state index is 0.118. The van der Waals surface area contributed by atoms with Crippen LogP contribution < -0.4 is 19.7 Å². The van der Waals surface area contributed by atoms with Crippen LogP contribution in [-0.4, -0.2) is 44.0 Å². The van der Waals surface area contributed by atoms with E-state index in [4.69, 9.17) is 14.2 Å². The Morgan fingerprint density at radius 1 is 0.968 bits per heavy atom. The minimum atomic E-state index is -1.11. The largest absolute Gasteiger partial charge is 0.497 e. The molecular formula is C22H22N2O7. The number of ether oxygens (including phenoxy) is 3. The van der Waals surface area contributed by atoms with E-state index in [0.29, 0.717) is 22.9 Å². The van der Waals surface area contributed by atoms with Crippen molar-refractivity contribution in [1.82, 2.24) is 0 Å². The summed E-state index contributed by atoms with van der Waals surface area (Å²) in [7, 11) is 2.98. The lowest BCUT2D eigenvalue weighted by molar-refractivity contribution is -0.124. The number of esters is 1. The number of methoxy groups -OCH3 is 2. The fourth-order valence-electron chi connectivity index (χ4n) is 3.04. The van der Waals surface area contributed by atoms with Gasteiger partial charge in [-0.1, -0.05) is 6.07 Å². The first-order valence-electron chi connectivity index (χ1n) is 9.53. The summed E-state index contributed by atoms with van der Waals surface area (Å²) in [5.74, 6) is -0.977. The molecule has 0 radical (unpaired) electrons. The van der Waals surface area contributed by atoms with Gasteiger partial charge < -0.3 is 19.5 Å². The Morgan fingerprint density at radius 2 is 1.58 bits per heavy atom. The monoisotopic (exact) mass is 426 g/mol. The Balaban J connectivity index is 1.68. The Morgan fingerprint density at radius 3 is 2.16 bits per heavy atom. The molecule has 0 spiro atoms. The van der Waals surface area contributed by atoms with E-state index in [0.717, 1.165) is 4.90 Å². The van der Waals surface area contributed by atoms with E-state index in [9.17, 15) is 19.2 Å². The summed E-state index contributed by atoms with van der Waals surface area (Å²) < 4.78 is 15.6. The zero-order valence-corrected chi connectivity index (χ0v) is 17.3. The first-order valence-corrected chi connectivity index (χ1v) is 9.53. The fraction of sp³-hybridized carbons (Fsp3) is 0.273. The molecule has 3 amide bonds. The fourth-order valence-corrected chi connectivity index (χ4v) is 3.04. The molecule has 3 rings (SSSR count). The first-order chi connectivity index (χ1) is 14.8. The SMILES string of the molecule is COc1cc(NC(=O)C(C)OC(=O)c2cccc(N3C(=O)CCC3=O)c2)cc(OC)c1. The van der Waals surface area contributed by atoms with Crippen molar-refractivity contribution in [3.05, 3.63) is 48.0 Å². The molecule has 9 nitrogen and oxygen atoms in total. The molecule has 31 heavy (non-hydrogen) atoms. The van der Waals surface area contributed by atoms with Gasteiger partial charge in [-0.2, -0.15) is 0 Å². The molecule has 1 heterocycles. The average molecular weight is 426 g/mol. The van der Waals surface area contributed by atoms with Gasteiger partial charge in [-0.25, -0.2) is 4.79 Å². The van der Waals surface area contributed by atoms with E-state index in [1.165, 1.54) is 39.3 Å². The van der Waals surface area contributed by atoms with Gasteiger partial charge in [-0.05, 0) is 25.1 Å². The molecule has 0 bridgehead atoms. The third-order valence-electron chi connectivity index (χ3n) is 4.66. The highest BCUT2D eigenvalue weighted by Gasteiger charge is 2.30. The van der Waals surface area contributed by atoms with Crippen LogP contribution in [0.1, 0.15) is 30.1 Å². The molecule has 1 fully saturated rings. The molecule has 1 unspecified atom stereocenters. The molecule has 1 N–H and O–H groups in total. The quantitative estimate of drug-likeness (QED) is 0.535. The molecule has 162 valence electrons. The van der Waals surface area contributed by atoms with Gasteiger partial charge in [0.05, 0.1) is 25.5 Å². The van der Waals surface area contributed by atoms with Gasteiger partial charge in [0.2, 0.25) is 11.8 Å². The number of hydrogen-bond acceptors (Lipinski definition) is 7. The van der Waals surface area contributed by atoms with E-state index in [-0.39, 0.29) is 30.2 Å². The Hall–Kier alpha value is -3.88. The van der Waals surface area contributed by atoms with Gasteiger partial charge >= 0.3 is 5.97 Å². The molecular weight excluding hydrogens is 404 g/mol. The second kappa shape index (κ2) is 9.29. The van der Waals surface area contributed by atoms with Crippen LogP contribution in [0, 0.1) is 0 Å². The molecule has 0 aromatic heterocycles. The summed E-state index contributed by atoms with van der Waals surface area (Å²) in [5, 5.41) is 2.64. The first kappa shape index (κ1) is 21.8. The van der Waals surface area contributed by atoms with Gasteiger partial charge in [0, 0.05) is 36.7 Å². The zero-order chi connectivity index (χ0) is 22.5. The van der Waals surface area contributed by atoms with Gasteiger partial charge in [0.25, 0.3) is 5.91 Å². The molecule has 0 saturated carbocycles. The molecule has 1 atom stereocenters. The number of hydrogen-bond donors (Lipinski definition) is 1. The van der Waals surface area contributed by atoms with Crippen molar-refractivity contribution < 1.29 is 33.4 Å². The van der Waals surface area contributed by atoms with E-state index in [2.05, 4.69) is 5.32 Å². The van der Waals surface area contributed by atoms with Crippen LogP contribution in [0.3, 0.4) is 0 Å². The van der Waals surface area contributed by atoms with Crippen LogP contribution in [-0.2, 0) is 19.1 Å². The highest BCUT2D eigenvalue weighted by Crippen LogP contribution is 2.26. The lowest BCUT2D eigenvalue weighted by Crippen LogP contribution is -2.30. The number of amides is 3. The number of anilines is 2. The van der Waals surface area contributed by atoms with Crippen LogP contribution in [0.4, 0.5) is 11.4 Å². The Labute approximate surface area is 178 Å². The molecule has 2 aromatic rings. The van der Waals surface area contributed by atoms with Crippen molar-refractivity contribution >= 4 is 35.1 Å². The number of benzene rings is 2. The van der Waals surface area contributed by atoms with E-state index >= 15 is 0 Å². The summed E-state index contributed by atoms with van der Waals surface area (Å²) in [4.78, 5) is 49.9. The number of imide groups is 1. The normalized spacial score (nSPS) is 14.2. The van der Waals surface area contributed by atoms with Crippen molar-refractivity contribution in [3.63, 3.8) is 0 Å². The Kier molecular flexibility index (Phi) is 6.54. The van der Waals surface area contributed by atoms with Crippen molar-refractivity contribution in [2.24, 2.45) is 0 Å². The van der Waals surface area contributed by atoms with Gasteiger partial charge in [0.1, 0.15) is 11.5 Å². The number of rotatable bonds is 7. The minimum Gasteiger partial charge on any atom is -0.497 e. The van der Waals surface area contributed by atoms with Crippen molar-refractivity contribution in [2.75, 3.05) is 24.4 Å². The van der Waals surface area contributed by atoms with Crippen molar-refractivity contribution in [3.8, 4) is 11.5 Å². The number of carbonyl (C=O) groups is 4. The summed E-state index contributed by atoms with van der Waals surface area (Å²) >= 11 is 0. The number of nitrogens with one attached hydrogen (secondary N) is 1. The Bertz CT molecular complexity index is 996. The molecule has 9 heteroatoms. The smallest absolute Gasteiger partial charge is 0.338 e. The lowest BCUT2D eigenvalue weighted by Gasteiger charge is -2.16. The van der Waals surface area contributed by atoms with Crippen LogP contribution in [0.25, 0.3) is 0 Å². The van der Waals surface area contributed by atoms with Gasteiger partial charge in [-0.3, -0.25) is 19.3 Å². The second-order valence-corrected chi connectivity index (χ2v) is 6.81. The molecule has 2 aromatic carbocycles. The van der Waals surface area contributed by atoms with Crippen molar-refractivity contribution in [2.45, 2.75) is 25.9 Å². The maximum Gasteiger partial charge on any atom is 0.338 e. The highest BCUT2D eigenvalue weighted by atomic mass is 16.5. The zero-order valence-electron chi connectivity index (χ0n) is 17.3. The van der Waals surface area contributed by atoms with E-state index in [1.807, 2.05) is 0 Å². The number of carbonyl (C=O) groups excluding carboxylic acids is 4. The van der Waals surface area contributed by atoms with Crippen LogP contribution in [0.5, 0.6) is 11.5 Å². The van der Waals surface area contributed by atoms with E-state index < -0.39 is 18.0 Å². The van der Waals surface area contributed by atoms with Gasteiger partial charge in [0.15, 0.2) is 6.10 Å². The third-order valence-corrected chi connectivity index (χ3v) is 4.66. The summed E-state index contributed by atoms with van der Waals surface area (Å²) in [6.45, 7) is 1.43. The van der Waals surface area contributed by atoms with Crippen LogP contribution in [0.15, 0.2) is 42.5 Å². The van der Waals surface area contributed by atoms with E-state index in [1.54, 1.807) is 24.3 Å². The summed E-state index contributed by atoms with van der Waals surface area (Å²) in [6.07, 6.45) is -0.831. The van der Waals surface area contributed by atoms with Crippen molar-refractivity contribution in [1.29, 1.82) is 0 Å². The molecule has 0 aliphatic carbocycles. The van der Waals surface area contributed by atoms with Crippen LogP contribution >= 0.6 is 0 Å². The second-order valence-electron chi connectivity index (χ2n) is 6.81. The van der Waals surface area contributed by atoms with Gasteiger partial charge in [-0.15, -0.1) is 0 Å². The predicted molar refractivity (Wildman–Crippen MR) is 111 cm³/mol. The molecule has 1 aliphatic heterocycles. The third kappa shape index (κ3) is 5.00. The predicted octanol–water partition coefficient (Wildman–Crippen LogP) is 2.54. The average Bonchev–Trinajstić information content (AvgIpc) is 3.11. The maximum atomic E-state index is 12.5. The molecule has 1 aliphatic rings. The highest BCUT2D eigenvalue weighted by molar-refractivity contribution is 6.20. The standard InChI is InChI=1S/C22H22N2O7/c1-13(21(27)23-15-10-17(29-2)12-18(11-15)30-3)31-22(28)14-5-4-6-16(9-14)24-19(25)7-8-20(24)26/h4-6,9-13H,7-8H2,1-3H3,(H,23,27). The molecule has 1 saturated heterocycles. The summed E-state index contributed by atoms with van der Waals surface area (Å²) in [6, 6.07) is 10.8. The number of nitrogens with zero attached hydrogens (tertiary/aromatic N) is 1. The maximum absolute atomic E-state index is 12.5. The summed E-state index contributed by atoms with van der Waals surface area (Å²) in [5.41, 5.74) is 0.826. The lowest BCUT2D eigenvalue weighted by atomic mass is 10.2. The van der Waals surface area contributed by atoms with Crippen LogP contribution in [0.2, 0.25) is 0 Å².